The molecule has 9 heteroatoms. The lowest BCUT2D eigenvalue weighted by molar-refractivity contribution is 0.343. The van der Waals surface area contributed by atoms with E-state index in [9.17, 15) is 13.6 Å². The van der Waals surface area contributed by atoms with Crippen molar-refractivity contribution in [3.05, 3.63) is 81.7 Å². The Morgan fingerprint density at radius 2 is 1.83 bits per heavy atom. The highest BCUT2D eigenvalue weighted by atomic mass is 35.5. The van der Waals surface area contributed by atoms with Crippen molar-refractivity contribution in [1.82, 2.24) is 14.5 Å². The summed E-state index contributed by atoms with van der Waals surface area (Å²) in [5.74, 6) is -0.261. The highest BCUT2D eigenvalue weighted by Crippen LogP contribution is 2.23. The number of hydrogen-bond acceptors (Lipinski definition) is 5. The van der Waals surface area contributed by atoms with Gasteiger partial charge < -0.3 is 10.2 Å². The van der Waals surface area contributed by atoms with Gasteiger partial charge in [-0.1, -0.05) is 23.7 Å². The van der Waals surface area contributed by atoms with Gasteiger partial charge in [-0.3, -0.25) is 4.57 Å². The van der Waals surface area contributed by atoms with E-state index in [0.717, 1.165) is 11.3 Å². The Labute approximate surface area is 170 Å². The van der Waals surface area contributed by atoms with Gasteiger partial charge in [0.2, 0.25) is 5.95 Å². The first kappa shape index (κ1) is 19.3. The molecule has 1 saturated heterocycles. The zero-order valence-electron chi connectivity index (χ0n) is 15.3. The van der Waals surface area contributed by atoms with E-state index in [1.54, 1.807) is 24.3 Å². The normalized spacial score (nSPS) is 18.8. The van der Waals surface area contributed by atoms with E-state index in [1.807, 2.05) is 17.0 Å². The molecule has 150 valence electrons. The largest absolute Gasteiger partial charge is 0.366 e. The molecule has 0 bridgehead atoms. The number of hydrogen-bond donors (Lipinski definition) is 1. The van der Waals surface area contributed by atoms with Crippen LogP contribution in [0.25, 0.3) is 0 Å². The standard InChI is InChI=1S/C20H18ClF2N5O/c21-14-3-1-13(2-4-14)9-28-12-24-19(26-20(28)29)25-18-11-27(10-17(18)23)16-7-5-15(22)6-8-16/h1-8,12,17-18H,9-11H2,(H,25,26,29). The van der Waals surface area contributed by atoms with Gasteiger partial charge in [0.15, 0.2) is 0 Å². The van der Waals surface area contributed by atoms with Crippen molar-refractivity contribution in [3.8, 4) is 0 Å². The van der Waals surface area contributed by atoms with Gasteiger partial charge in [0, 0.05) is 17.3 Å². The first-order valence-electron chi connectivity index (χ1n) is 9.07. The van der Waals surface area contributed by atoms with E-state index < -0.39 is 17.9 Å². The summed E-state index contributed by atoms with van der Waals surface area (Å²) in [7, 11) is 0. The number of aromatic nitrogens is 3. The summed E-state index contributed by atoms with van der Waals surface area (Å²) < 4.78 is 28.9. The van der Waals surface area contributed by atoms with Crippen molar-refractivity contribution in [2.45, 2.75) is 18.8 Å². The van der Waals surface area contributed by atoms with Gasteiger partial charge in [0.25, 0.3) is 0 Å². The van der Waals surface area contributed by atoms with Gasteiger partial charge in [-0.2, -0.15) is 4.98 Å². The number of benzene rings is 2. The molecule has 6 nitrogen and oxygen atoms in total. The number of nitrogens with zero attached hydrogens (tertiary/aromatic N) is 4. The van der Waals surface area contributed by atoms with Gasteiger partial charge in [0.1, 0.15) is 18.3 Å². The van der Waals surface area contributed by atoms with Crippen LogP contribution >= 0.6 is 11.6 Å². The van der Waals surface area contributed by atoms with Gasteiger partial charge in [-0.25, -0.2) is 18.6 Å². The fraction of sp³-hybridized carbons (Fsp3) is 0.250. The topological polar surface area (TPSA) is 63.1 Å². The first-order valence-corrected chi connectivity index (χ1v) is 9.45. The highest BCUT2D eigenvalue weighted by Gasteiger charge is 2.33. The van der Waals surface area contributed by atoms with Crippen LogP contribution in [-0.4, -0.2) is 39.8 Å². The van der Waals surface area contributed by atoms with Crippen LogP contribution in [0.15, 0.2) is 59.7 Å². The molecule has 2 heterocycles. The van der Waals surface area contributed by atoms with E-state index >= 15 is 0 Å². The lowest BCUT2D eigenvalue weighted by atomic mass is 10.2. The maximum atomic E-state index is 14.5. The first-order chi connectivity index (χ1) is 14.0. The molecule has 0 amide bonds. The van der Waals surface area contributed by atoms with Crippen LogP contribution in [0, 0.1) is 5.82 Å². The minimum atomic E-state index is -1.18. The third-order valence-corrected chi connectivity index (χ3v) is 5.04. The van der Waals surface area contributed by atoms with Crippen molar-refractivity contribution < 1.29 is 8.78 Å². The second kappa shape index (κ2) is 8.16. The van der Waals surface area contributed by atoms with Crippen LogP contribution in [0.4, 0.5) is 20.4 Å². The molecule has 1 N–H and O–H groups in total. The Balaban J connectivity index is 1.42. The zero-order valence-corrected chi connectivity index (χ0v) is 16.1. The van der Waals surface area contributed by atoms with Crippen LogP contribution in [-0.2, 0) is 6.54 Å². The van der Waals surface area contributed by atoms with E-state index in [1.165, 1.54) is 23.0 Å². The number of nitrogens with one attached hydrogen (secondary N) is 1. The Morgan fingerprint density at radius 3 is 2.52 bits per heavy atom. The van der Waals surface area contributed by atoms with Crippen molar-refractivity contribution in [2.75, 3.05) is 23.3 Å². The lowest BCUT2D eigenvalue weighted by Crippen LogP contribution is -2.33. The van der Waals surface area contributed by atoms with Crippen LogP contribution in [0.3, 0.4) is 0 Å². The molecule has 0 aliphatic carbocycles. The number of halogens is 3. The molecule has 2 unspecified atom stereocenters. The summed E-state index contributed by atoms with van der Waals surface area (Å²) in [4.78, 5) is 22.2. The second-order valence-corrected chi connectivity index (χ2v) is 7.30. The fourth-order valence-electron chi connectivity index (χ4n) is 3.25. The van der Waals surface area contributed by atoms with Crippen LogP contribution in [0.1, 0.15) is 5.56 Å². The van der Waals surface area contributed by atoms with Gasteiger partial charge >= 0.3 is 5.69 Å². The average Bonchev–Trinajstić information content (AvgIpc) is 3.06. The molecule has 2 aromatic carbocycles. The maximum Gasteiger partial charge on any atom is 0.352 e. The average molecular weight is 418 g/mol. The van der Waals surface area contributed by atoms with E-state index in [2.05, 4.69) is 15.3 Å². The maximum absolute atomic E-state index is 14.5. The molecule has 1 aliphatic rings. The van der Waals surface area contributed by atoms with Crippen molar-refractivity contribution in [3.63, 3.8) is 0 Å². The summed E-state index contributed by atoms with van der Waals surface area (Å²) in [6.07, 6.45) is 0.201. The van der Waals surface area contributed by atoms with Gasteiger partial charge in [0.05, 0.1) is 19.1 Å². The Bertz CT molecular complexity index is 1040. The van der Waals surface area contributed by atoms with Gasteiger partial charge in [-0.15, -0.1) is 0 Å². The van der Waals surface area contributed by atoms with Crippen molar-refractivity contribution >= 4 is 23.2 Å². The SMILES string of the molecule is O=c1nc(NC2CN(c3ccc(F)cc3)CC2F)ncn1Cc1ccc(Cl)cc1. The monoisotopic (exact) mass is 417 g/mol. The molecule has 1 aliphatic heterocycles. The van der Waals surface area contributed by atoms with Crippen molar-refractivity contribution in [2.24, 2.45) is 0 Å². The lowest BCUT2D eigenvalue weighted by Gasteiger charge is -2.18. The molecule has 2 atom stereocenters. The van der Waals surface area contributed by atoms with Crippen LogP contribution in [0.2, 0.25) is 5.02 Å². The molecule has 3 aromatic rings. The Kier molecular flexibility index (Phi) is 5.44. The van der Waals surface area contributed by atoms with Crippen LogP contribution < -0.4 is 15.9 Å². The smallest absolute Gasteiger partial charge is 0.352 e. The molecule has 1 aromatic heterocycles. The minimum absolute atomic E-state index is 0.0796. The molecule has 0 spiro atoms. The highest BCUT2D eigenvalue weighted by molar-refractivity contribution is 6.30. The van der Waals surface area contributed by atoms with Crippen molar-refractivity contribution in [1.29, 1.82) is 0 Å². The van der Waals surface area contributed by atoms with Gasteiger partial charge in [-0.05, 0) is 42.0 Å². The molecular formula is C20H18ClF2N5O. The van der Waals surface area contributed by atoms with E-state index in [-0.39, 0.29) is 18.3 Å². The fourth-order valence-corrected chi connectivity index (χ4v) is 3.38. The molecular weight excluding hydrogens is 400 g/mol. The number of alkyl halides is 1. The number of rotatable bonds is 5. The predicted octanol–water partition coefficient (Wildman–Crippen LogP) is 3.12. The summed E-state index contributed by atoms with van der Waals surface area (Å²) in [6, 6.07) is 12.4. The molecule has 1 fully saturated rings. The molecule has 29 heavy (non-hydrogen) atoms. The quantitative estimate of drug-likeness (QED) is 0.691. The molecule has 4 rings (SSSR count). The number of anilines is 2. The second-order valence-electron chi connectivity index (χ2n) is 6.87. The molecule has 0 saturated carbocycles. The summed E-state index contributed by atoms with van der Waals surface area (Å²) in [6.45, 7) is 0.824. The van der Waals surface area contributed by atoms with E-state index in [4.69, 9.17) is 11.6 Å². The van der Waals surface area contributed by atoms with E-state index in [0.29, 0.717) is 18.1 Å². The Morgan fingerprint density at radius 1 is 1.10 bits per heavy atom. The zero-order chi connectivity index (χ0) is 20.4. The minimum Gasteiger partial charge on any atom is -0.366 e. The summed E-state index contributed by atoms with van der Waals surface area (Å²) in [5, 5.41) is 3.51. The van der Waals surface area contributed by atoms with Crippen LogP contribution in [0.5, 0.6) is 0 Å². The third kappa shape index (κ3) is 4.54. The molecule has 0 radical (unpaired) electrons. The predicted molar refractivity (Wildman–Crippen MR) is 108 cm³/mol. The third-order valence-electron chi connectivity index (χ3n) is 4.79. The summed E-state index contributed by atoms with van der Waals surface area (Å²) in [5.41, 5.74) is 1.13. The summed E-state index contributed by atoms with van der Waals surface area (Å²) >= 11 is 5.86. The Hall–Kier alpha value is -3.00.